The summed E-state index contributed by atoms with van der Waals surface area (Å²) in [5, 5.41) is 13.1. The maximum absolute atomic E-state index is 14.6. The summed E-state index contributed by atoms with van der Waals surface area (Å²) in [6, 6.07) is 0.230. The second-order valence-electron chi connectivity index (χ2n) is 7.29. The Morgan fingerprint density at radius 2 is 2.04 bits per heavy atom. The van der Waals surface area contributed by atoms with Crippen LogP contribution in [0.5, 0.6) is 5.88 Å². The lowest BCUT2D eigenvalue weighted by Gasteiger charge is -2.23. The molecule has 5 rings (SSSR count). The van der Waals surface area contributed by atoms with Crippen LogP contribution in [0.25, 0.3) is 11.0 Å². The van der Waals surface area contributed by atoms with Crippen LogP contribution in [0.15, 0.2) is 6.20 Å². The zero-order valence-corrected chi connectivity index (χ0v) is 15.9. The third-order valence-electron chi connectivity index (χ3n) is 5.34. The van der Waals surface area contributed by atoms with Gasteiger partial charge in [0, 0.05) is 19.4 Å². The molecule has 2 aliphatic rings. The van der Waals surface area contributed by atoms with Crippen LogP contribution in [-0.2, 0) is 11.3 Å². The lowest BCUT2D eigenvalue weighted by atomic mass is 10.1. The molecule has 28 heavy (non-hydrogen) atoms. The van der Waals surface area contributed by atoms with E-state index in [9.17, 15) is 4.39 Å². The molecule has 2 aliphatic heterocycles. The fourth-order valence-electron chi connectivity index (χ4n) is 3.84. The average molecular weight is 387 g/mol. The van der Waals surface area contributed by atoms with Gasteiger partial charge in [0.05, 0.1) is 29.4 Å². The van der Waals surface area contributed by atoms with E-state index >= 15 is 0 Å². The summed E-state index contributed by atoms with van der Waals surface area (Å²) < 4.78 is 29.4. The molecule has 9 nitrogen and oxygen atoms in total. The van der Waals surface area contributed by atoms with Crippen molar-refractivity contribution < 1.29 is 13.9 Å². The normalized spacial score (nSPS) is 20.5. The van der Waals surface area contributed by atoms with Gasteiger partial charge in [-0.2, -0.15) is 10.1 Å². The lowest BCUT2D eigenvalue weighted by Crippen LogP contribution is -2.22. The Balaban J connectivity index is 1.60. The summed E-state index contributed by atoms with van der Waals surface area (Å²) in [6.07, 6.45) is 2.25. The summed E-state index contributed by atoms with van der Waals surface area (Å²) >= 11 is 0. The highest BCUT2D eigenvalue weighted by Gasteiger charge is 2.26. The molecule has 0 spiro atoms. The SMILES string of the molecule is Cc1nn2c3nc(ncc13)Nc1c(nn(C3CCOCC3)c1C)OCC(F)C2. The van der Waals surface area contributed by atoms with E-state index in [0.717, 1.165) is 29.6 Å². The minimum atomic E-state index is -1.24. The molecule has 1 N–H and O–H groups in total. The molecule has 0 saturated carbocycles. The lowest BCUT2D eigenvalue weighted by molar-refractivity contribution is 0.0650. The number of alkyl halides is 1. The summed E-state index contributed by atoms with van der Waals surface area (Å²) in [5.41, 5.74) is 2.96. The topological polar surface area (TPSA) is 91.9 Å². The molecular weight excluding hydrogens is 365 g/mol. The van der Waals surface area contributed by atoms with Crippen molar-refractivity contribution in [3.63, 3.8) is 0 Å². The van der Waals surface area contributed by atoms with Gasteiger partial charge in [0.2, 0.25) is 5.95 Å². The molecule has 148 valence electrons. The van der Waals surface area contributed by atoms with Crippen molar-refractivity contribution in [2.24, 2.45) is 0 Å². The quantitative estimate of drug-likeness (QED) is 0.686. The van der Waals surface area contributed by atoms with E-state index in [1.165, 1.54) is 0 Å². The fourth-order valence-corrected chi connectivity index (χ4v) is 3.84. The number of anilines is 2. The number of rotatable bonds is 1. The maximum Gasteiger partial charge on any atom is 0.257 e. The van der Waals surface area contributed by atoms with Crippen LogP contribution >= 0.6 is 0 Å². The number of nitrogens with zero attached hydrogens (tertiary/aromatic N) is 6. The highest BCUT2D eigenvalue weighted by molar-refractivity contribution is 5.79. The molecule has 3 aromatic heterocycles. The smallest absolute Gasteiger partial charge is 0.257 e. The molecule has 1 atom stereocenters. The largest absolute Gasteiger partial charge is 0.472 e. The van der Waals surface area contributed by atoms with Gasteiger partial charge in [0.15, 0.2) is 11.8 Å². The van der Waals surface area contributed by atoms with E-state index in [4.69, 9.17) is 9.47 Å². The highest BCUT2D eigenvalue weighted by atomic mass is 19.1. The first kappa shape index (κ1) is 17.4. The minimum absolute atomic E-state index is 0.0653. The molecule has 0 aliphatic carbocycles. The van der Waals surface area contributed by atoms with Crippen molar-refractivity contribution >= 4 is 22.7 Å². The molecule has 1 fully saturated rings. The summed E-state index contributed by atoms with van der Waals surface area (Å²) in [6.45, 7) is 5.21. The third-order valence-corrected chi connectivity index (χ3v) is 5.34. The van der Waals surface area contributed by atoms with Gasteiger partial charge in [-0.3, -0.25) is 4.68 Å². The van der Waals surface area contributed by atoms with Crippen LogP contribution in [0.3, 0.4) is 0 Å². The molecule has 2 bridgehead atoms. The zero-order valence-electron chi connectivity index (χ0n) is 15.9. The van der Waals surface area contributed by atoms with Crippen molar-refractivity contribution in [2.45, 2.75) is 45.4 Å². The van der Waals surface area contributed by atoms with Crippen LogP contribution in [0.2, 0.25) is 0 Å². The first-order valence-electron chi connectivity index (χ1n) is 9.51. The van der Waals surface area contributed by atoms with E-state index in [1.807, 2.05) is 18.5 Å². The second-order valence-corrected chi connectivity index (χ2v) is 7.29. The van der Waals surface area contributed by atoms with Gasteiger partial charge in [-0.15, -0.1) is 5.10 Å². The zero-order chi connectivity index (χ0) is 19.3. The van der Waals surface area contributed by atoms with Crippen LogP contribution in [0.4, 0.5) is 16.0 Å². The molecular formula is C18H22FN7O2. The monoisotopic (exact) mass is 387 g/mol. The Hall–Kier alpha value is -2.75. The predicted octanol–water partition coefficient (Wildman–Crippen LogP) is 2.47. The van der Waals surface area contributed by atoms with Crippen molar-refractivity contribution in [1.29, 1.82) is 0 Å². The first-order chi connectivity index (χ1) is 13.6. The standard InChI is InChI=1S/C18H22FN7O2/c1-10-14-7-20-18-21-15-11(2)26(13-3-5-27-6-4-13)24-17(15)28-9-12(19)8-25(23-10)16(14)22-18/h7,12-13H,3-6,8-9H2,1-2H3,(H,20,21,22). The summed E-state index contributed by atoms with van der Waals surface area (Å²) in [4.78, 5) is 8.98. The number of ether oxygens (including phenoxy) is 2. The molecule has 3 aromatic rings. The van der Waals surface area contributed by atoms with Crippen LogP contribution in [-0.4, -0.2) is 55.5 Å². The Kier molecular flexibility index (Phi) is 4.15. The molecule has 5 heterocycles. The molecule has 1 unspecified atom stereocenters. The van der Waals surface area contributed by atoms with Crippen LogP contribution in [0, 0.1) is 13.8 Å². The molecule has 1 saturated heterocycles. The van der Waals surface area contributed by atoms with Crippen molar-refractivity contribution in [3.05, 3.63) is 17.6 Å². The number of fused-ring (bicyclic) bond motifs is 2. The molecule has 0 aromatic carbocycles. The molecule has 10 heteroatoms. The van der Waals surface area contributed by atoms with E-state index in [1.54, 1.807) is 10.9 Å². The van der Waals surface area contributed by atoms with E-state index in [0.29, 0.717) is 36.4 Å². The number of hydrogen-bond acceptors (Lipinski definition) is 7. The van der Waals surface area contributed by atoms with Crippen molar-refractivity contribution in [3.8, 4) is 5.88 Å². The number of halogens is 1. The number of nitrogens with one attached hydrogen (secondary N) is 1. The van der Waals surface area contributed by atoms with Gasteiger partial charge in [0.25, 0.3) is 5.88 Å². The van der Waals surface area contributed by atoms with Gasteiger partial charge in [0.1, 0.15) is 12.3 Å². The van der Waals surface area contributed by atoms with Gasteiger partial charge in [-0.05, 0) is 26.7 Å². The third kappa shape index (κ3) is 2.88. The van der Waals surface area contributed by atoms with Crippen molar-refractivity contribution in [1.82, 2.24) is 29.5 Å². The van der Waals surface area contributed by atoms with E-state index < -0.39 is 6.17 Å². The Morgan fingerprint density at radius 3 is 2.86 bits per heavy atom. The number of aromatic nitrogens is 6. The predicted molar refractivity (Wildman–Crippen MR) is 99.8 cm³/mol. The number of hydrogen-bond donors (Lipinski definition) is 1. The highest BCUT2D eigenvalue weighted by Crippen LogP contribution is 2.34. The molecule has 0 radical (unpaired) electrons. The summed E-state index contributed by atoms with van der Waals surface area (Å²) in [5.74, 6) is 0.775. The Morgan fingerprint density at radius 1 is 1.21 bits per heavy atom. The number of aryl methyl sites for hydroxylation is 1. The second kappa shape index (κ2) is 6.69. The molecule has 0 amide bonds. The van der Waals surface area contributed by atoms with E-state index in [-0.39, 0.29) is 19.2 Å². The minimum Gasteiger partial charge on any atom is -0.472 e. The maximum atomic E-state index is 14.6. The first-order valence-corrected chi connectivity index (χ1v) is 9.51. The van der Waals surface area contributed by atoms with Gasteiger partial charge in [-0.1, -0.05) is 0 Å². The van der Waals surface area contributed by atoms with Gasteiger partial charge < -0.3 is 14.8 Å². The van der Waals surface area contributed by atoms with Crippen LogP contribution in [0.1, 0.15) is 30.3 Å². The average Bonchev–Trinajstić information content (AvgIpc) is 3.17. The van der Waals surface area contributed by atoms with Crippen molar-refractivity contribution in [2.75, 3.05) is 25.1 Å². The fraction of sp³-hybridized carbons (Fsp3) is 0.556. The van der Waals surface area contributed by atoms with Gasteiger partial charge in [-0.25, -0.2) is 14.1 Å². The Bertz CT molecular complexity index is 1020. The van der Waals surface area contributed by atoms with Gasteiger partial charge >= 0.3 is 0 Å². The summed E-state index contributed by atoms with van der Waals surface area (Å²) in [7, 11) is 0. The Labute approximate surface area is 160 Å². The van der Waals surface area contributed by atoms with Crippen LogP contribution < -0.4 is 10.1 Å². The van der Waals surface area contributed by atoms with E-state index in [2.05, 4.69) is 25.5 Å².